The Morgan fingerprint density at radius 3 is 2.45 bits per heavy atom. The number of para-hydroxylation sites is 1. The van der Waals surface area contributed by atoms with E-state index in [0.29, 0.717) is 12.1 Å². The molecule has 0 spiro atoms. The summed E-state index contributed by atoms with van der Waals surface area (Å²) < 4.78 is 0. The molecule has 0 radical (unpaired) electrons. The first-order valence-electron chi connectivity index (χ1n) is 9.46. The predicted molar refractivity (Wildman–Crippen MR) is 112 cm³/mol. The number of nitrogens with two attached hydrogens (primary N) is 2. The second-order valence-corrected chi connectivity index (χ2v) is 6.97. The number of nitrogens with one attached hydrogen (secondary N) is 1. The second kappa shape index (κ2) is 9.20. The third kappa shape index (κ3) is 5.32. The van der Waals surface area contributed by atoms with E-state index in [2.05, 4.69) is 21.3 Å². The van der Waals surface area contributed by atoms with Gasteiger partial charge in [0.25, 0.3) is 5.91 Å². The first kappa shape index (κ1) is 20.3. The van der Waals surface area contributed by atoms with Crippen LogP contribution in [0.2, 0.25) is 0 Å². The molecule has 0 aliphatic carbocycles. The quantitative estimate of drug-likeness (QED) is 0.407. The number of carbonyl (C=O) groups excluding carboxylic acids is 1. The van der Waals surface area contributed by atoms with Gasteiger partial charge in [0.1, 0.15) is 6.04 Å². The first-order chi connectivity index (χ1) is 13.9. The molecule has 1 aliphatic rings. The van der Waals surface area contributed by atoms with Crippen LogP contribution in [-0.4, -0.2) is 42.1 Å². The molecule has 1 fully saturated rings. The Morgan fingerprint density at radius 1 is 1.14 bits per heavy atom. The van der Waals surface area contributed by atoms with Gasteiger partial charge in [-0.1, -0.05) is 30.3 Å². The monoisotopic (exact) mass is 395 g/mol. The lowest BCUT2D eigenvalue weighted by atomic mass is 10.0. The van der Waals surface area contributed by atoms with Gasteiger partial charge in [0.2, 0.25) is 0 Å². The maximum absolute atomic E-state index is 12.3. The van der Waals surface area contributed by atoms with E-state index in [1.54, 1.807) is 24.3 Å². The van der Waals surface area contributed by atoms with Crippen LogP contribution in [-0.2, 0) is 17.8 Å². The Kier molecular flexibility index (Phi) is 6.46. The van der Waals surface area contributed by atoms with Crippen molar-refractivity contribution in [1.82, 2.24) is 5.32 Å². The van der Waals surface area contributed by atoms with Gasteiger partial charge in [-0.25, -0.2) is 0 Å². The minimum atomic E-state index is -1.07. The minimum Gasteiger partial charge on any atom is -0.480 e. The molecule has 1 saturated heterocycles. The molecule has 8 heteroatoms. The number of aliphatic imine (C=N–C) groups is 1. The van der Waals surface area contributed by atoms with Crippen LogP contribution in [0.15, 0.2) is 53.5 Å². The topological polar surface area (TPSA) is 134 Å². The fourth-order valence-electron chi connectivity index (χ4n) is 3.05. The van der Waals surface area contributed by atoms with Crippen molar-refractivity contribution in [1.29, 1.82) is 0 Å². The average Bonchev–Trinajstić information content (AvgIpc) is 2.66. The number of carboxylic acid groups (broad SMARTS) is 1. The lowest BCUT2D eigenvalue weighted by Crippen LogP contribution is -2.38. The van der Waals surface area contributed by atoms with Crippen molar-refractivity contribution in [3.05, 3.63) is 65.2 Å². The summed E-state index contributed by atoms with van der Waals surface area (Å²) in [7, 11) is 0. The molecule has 1 amide bonds. The predicted octanol–water partition coefficient (Wildman–Crippen LogP) is 1.10. The van der Waals surface area contributed by atoms with Gasteiger partial charge in [-0.05, 0) is 42.2 Å². The van der Waals surface area contributed by atoms with Crippen molar-refractivity contribution in [3.63, 3.8) is 0 Å². The summed E-state index contributed by atoms with van der Waals surface area (Å²) in [4.78, 5) is 29.3. The molecule has 29 heavy (non-hydrogen) atoms. The molecule has 6 N–H and O–H groups in total. The normalized spacial score (nSPS) is 14.8. The minimum absolute atomic E-state index is 0.0467. The van der Waals surface area contributed by atoms with Crippen molar-refractivity contribution >= 4 is 23.5 Å². The fourth-order valence-corrected chi connectivity index (χ4v) is 3.05. The Bertz CT molecular complexity index is 907. The number of benzene rings is 2. The van der Waals surface area contributed by atoms with E-state index in [1.807, 2.05) is 18.2 Å². The van der Waals surface area contributed by atoms with Crippen molar-refractivity contribution < 1.29 is 14.7 Å². The summed E-state index contributed by atoms with van der Waals surface area (Å²) in [6.45, 7) is 2.57. The van der Waals surface area contributed by atoms with Crippen molar-refractivity contribution in [3.8, 4) is 0 Å². The number of anilines is 1. The highest BCUT2D eigenvalue weighted by atomic mass is 16.4. The summed E-state index contributed by atoms with van der Waals surface area (Å²) in [5.74, 6) is -1.49. The van der Waals surface area contributed by atoms with Gasteiger partial charge in [0, 0.05) is 30.9 Å². The van der Waals surface area contributed by atoms with Gasteiger partial charge in [-0.15, -0.1) is 0 Å². The van der Waals surface area contributed by atoms with E-state index >= 15 is 0 Å². The summed E-state index contributed by atoms with van der Waals surface area (Å²) in [6, 6.07) is 13.6. The molecule has 0 bridgehead atoms. The number of nitrogens with zero attached hydrogens (tertiary/aromatic N) is 2. The molecule has 152 valence electrons. The highest BCUT2D eigenvalue weighted by Crippen LogP contribution is 2.24. The molecule has 1 heterocycles. The molecule has 0 aromatic heterocycles. The number of guanidine groups is 1. The van der Waals surface area contributed by atoms with Gasteiger partial charge < -0.3 is 26.8 Å². The summed E-state index contributed by atoms with van der Waals surface area (Å²) >= 11 is 0. The SMILES string of the molecule is N/C(=N\C(=O)c1ccc(C[C@H](N)C(=O)O)cc1)NCc1ccccc1N1CCC1. The molecule has 1 atom stereocenters. The zero-order chi connectivity index (χ0) is 20.8. The lowest BCUT2D eigenvalue weighted by Gasteiger charge is -2.34. The largest absolute Gasteiger partial charge is 0.480 e. The number of carbonyl (C=O) groups is 2. The zero-order valence-corrected chi connectivity index (χ0v) is 16.0. The molecule has 1 aliphatic heterocycles. The summed E-state index contributed by atoms with van der Waals surface area (Å²) in [5.41, 5.74) is 14.8. The Labute approximate surface area is 169 Å². The van der Waals surface area contributed by atoms with Crippen LogP contribution in [0.25, 0.3) is 0 Å². The van der Waals surface area contributed by atoms with Crippen LogP contribution in [0.5, 0.6) is 0 Å². The zero-order valence-electron chi connectivity index (χ0n) is 16.0. The van der Waals surface area contributed by atoms with Crippen molar-refractivity contribution in [2.45, 2.75) is 25.4 Å². The Morgan fingerprint density at radius 2 is 1.83 bits per heavy atom. The maximum Gasteiger partial charge on any atom is 0.320 e. The Hall–Kier alpha value is -3.39. The summed E-state index contributed by atoms with van der Waals surface area (Å²) in [5, 5.41) is 11.9. The van der Waals surface area contributed by atoms with E-state index < -0.39 is 17.9 Å². The average molecular weight is 395 g/mol. The molecule has 3 rings (SSSR count). The number of aliphatic carboxylic acids is 1. The molecule has 8 nitrogen and oxygen atoms in total. The molecule has 0 saturated carbocycles. The molecule has 0 unspecified atom stereocenters. The molecule has 2 aromatic rings. The highest BCUT2D eigenvalue weighted by Gasteiger charge is 2.17. The number of rotatable bonds is 7. The van der Waals surface area contributed by atoms with Gasteiger partial charge in [-0.2, -0.15) is 4.99 Å². The molecule has 2 aromatic carbocycles. The van der Waals surface area contributed by atoms with E-state index in [9.17, 15) is 9.59 Å². The number of hydrogen-bond donors (Lipinski definition) is 4. The van der Waals surface area contributed by atoms with E-state index in [4.69, 9.17) is 16.6 Å². The lowest BCUT2D eigenvalue weighted by molar-refractivity contribution is -0.138. The highest BCUT2D eigenvalue weighted by molar-refractivity contribution is 6.02. The van der Waals surface area contributed by atoms with E-state index in [0.717, 1.165) is 24.2 Å². The van der Waals surface area contributed by atoms with Crippen LogP contribution in [0.1, 0.15) is 27.9 Å². The van der Waals surface area contributed by atoms with Crippen LogP contribution in [0, 0.1) is 0 Å². The smallest absolute Gasteiger partial charge is 0.320 e. The standard InChI is InChI=1S/C21H25N5O3/c22-17(20(28)29)12-14-6-8-15(9-7-14)19(27)25-21(23)24-13-16-4-1-2-5-18(16)26-10-3-11-26/h1-2,4-9,17H,3,10-13,22H2,(H,28,29)(H3,23,24,25,27)/t17-/m0/s1. The van der Waals surface area contributed by atoms with Crippen molar-refractivity contribution in [2.75, 3.05) is 18.0 Å². The Balaban J connectivity index is 1.58. The second-order valence-electron chi connectivity index (χ2n) is 6.97. The fraction of sp³-hybridized carbons (Fsp3) is 0.286. The maximum atomic E-state index is 12.3. The van der Waals surface area contributed by atoms with Gasteiger partial charge in [0.05, 0.1) is 0 Å². The first-order valence-corrected chi connectivity index (χ1v) is 9.46. The molecular weight excluding hydrogens is 370 g/mol. The van der Waals surface area contributed by atoms with Crippen molar-refractivity contribution in [2.24, 2.45) is 16.5 Å². The van der Waals surface area contributed by atoms with Crippen LogP contribution < -0.4 is 21.7 Å². The molecular formula is C21H25N5O3. The van der Waals surface area contributed by atoms with Crippen LogP contribution >= 0.6 is 0 Å². The van der Waals surface area contributed by atoms with Crippen LogP contribution in [0.3, 0.4) is 0 Å². The van der Waals surface area contributed by atoms with Crippen LogP contribution in [0.4, 0.5) is 5.69 Å². The van der Waals surface area contributed by atoms with E-state index in [-0.39, 0.29) is 12.4 Å². The number of hydrogen-bond acceptors (Lipinski definition) is 4. The van der Waals surface area contributed by atoms with E-state index in [1.165, 1.54) is 12.1 Å². The number of amides is 1. The van der Waals surface area contributed by atoms with Gasteiger partial charge in [-0.3, -0.25) is 9.59 Å². The van der Waals surface area contributed by atoms with Gasteiger partial charge in [0.15, 0.2) is 5.96 Å². The number of carboxylic acids is 1. The third-order valence-electron chi connectivity index (χ3n) is 4.84. The van der Waals surface area contributed by atoms with Gasteiger partial charge >= 0.3 is 5.97 Å². The third-order valence-corrected chi connectivity index (χ3v) is 4.84. The summed E-state index contributed by atoms with van der Waals surface area (Å²) in [6.07, 6.45) is 1.38.